The molecule has 5 rings (SSSR count). The van der Waals surface area contributed by atoms with Crippen LogP contribution in [0.4, 0.5) is 5.69 Å². The van der Waals surface area contributed by atoms with Crippen LogP contribution in [0.1, 0.15) is 77.6 Å². The van der Waals surface area contributed by atoms with Crippen molar-refractivity contribution in [2.24, 2.45) is 0 Å². The van der Waals surface area contributed by atoms with Gasteiger partial charge >= 0.3 is 23.9 Å². The van der Waals surface area contributed by atoms with Gasteiger partial charge in [0.05, 0.1) is 50.2 Å². The first-order valence-corrected chi connectivity index (χ1v) is 19.5. The standard InChI is InChI=1S/C48H44N2O10/c1-4-44(51)57-26-12-8-6-10-24-55-39-20-18-33-28-37(16-14-35(33)30-39)47(53)59-42-22-23-43(46(50-3)41(42)32-49)60-48(54)38-17-15-36-31-40(21-19-34(36)29-38)56-25-11-7-9-13-27-58-45(52)5-2/h4-5,14-23,28-31H,1-2,6-13,24-27H2. The third-order valence-electron chi connectivity index (χ3n) is 9.26. The molecule has 5 aromatic rings. The van der Waals surface area contributed by atoms with E-state index >= 15 is 0 Å². The highest BCUT2D eigenvalue weighted by atomic mass is 16.5. The zero-order valence-corrected chi connectivity index (χ0v) is 33.1. The van der Waals surface area contributed by atoms with Crippen molar-refractivity contribution >= 4 is 51.1 Å². The number of carbonyl (C=O) groups is 4. The van der Waals surface area contributed by atoms with Gasteiger partial charge < -0.3 is 28.4 Å². The highest BCUT2D eigenvalue weighted by Gasteiger charge is 2.22. The van der Waals surface area contributed by atoms with Gasteiger partial charge in [0, 0.05) is 12.2 Å². The first-order chi connectivity index (χ1) is 29.2. The number of ether oxygens (including phenoxy) is 6. The van der Waals surface area contributed by atoms with E-state index in [2.05, 4.69) is 18.0 Å². The molecular weight excluding hydrogens is 765 g/mol. The number of unbranched alkanes of at least 4 members (excludes halogenated alkanes) is 6. The minimum absolute atomic E-state index is 0.148. The maximum Gasteiger partial charge on any atom is 0.343 e. The number of nitriles is 1. The number of nitrogens with zero attached hydrogens (tertiary/aromatic N) is 2. The fourth-order valence-electron chi connectivity index (χ4n) is 6.10. The molecule has 0 heterocycles. The molecule has 12 heteroatoms. The van der Waals surface area contributed by atoms with Crippen molar-refractivity contribution in [2.75, 3.05) is 26.4 Å². The molecule has 0 saturated carbocycles. The Morgan fingerprint density at radius 1 is 0.567 bits per heavy atom. The molecule has 306 valence electrons. The van der Waals surface area contributed by atoms with Gasteiger partial charge in [0.25, 0.3) is 0 Å². The summed E-state index contributed by atoms with van der Waals surface area (Å²) in [6.07, 6.45) is 9.20. The van der Waals surface area contributed by atoms with Crippen molar-refractivity contribution in [1.29, 1.82) is 5.26 Å². The number of esters is 4. The summed E-state index contributed by atoms with van der Waals surface area (Å²) in [4.78, 5) is 52.1. The molecule has 0 spiro atoms. The Labute approximate surface area is 348 Å². The molecule has 60 heavy (non-hydrogen) atoms. The van der Waals surface area contributed by atoms with Gasteiger partial charge in [-0.2, -0.15) is 5.26 Å². The number of carbonyl (C=O) groups excluding carboxylic acids is 4. The second-order valence-corrected chi connectivity index (χ2v) is 13.5. The third kappa shape index (κ3) is 12.5. The molecular formula is C48H44N2O10. The quantitative estimate of drug-likeness (QED) is 0.0216. The molecule has 0 unspecified atom stereocenters. The van der Waals surface area contributed by atoms with Crippen molar-refractivity contribution in [1.82, 2.24) is 0 Å². The normalized spacial score (nSPS) is 10.5. The highest BCUT2D eigenvalue weighted by molar-refractivity contribution is 5.99. The molecule has 0 amide bonds. The lowest BCUT2D eigenvalue weighted by Gasteiger charge is -2.12. The minimum atomic E-state index is -0.737. The molecule has 0 aliphatic carbocycles. The molecule has 0 saturated heterocycles. The van der Waals surface area contributed by atoms with Crippen molar-refractivity contribution in [3.63, 3.8) is 0 Å². The van der Waals surface area contributed by atoms with Gasteiger partial charge in [0.2, 0.25) is 5.69 Å². The molecule has 0 aromatic heterocycles. The van der Waals surface area contributed by atoms with E-state index in [0.717, 1.165) is 85.1 Å². The van der Waals surface area contributed by atoms with Crippen LogP contribution in [-0.2, 0) is 19.1 Å². The van der Waals surface area contributed by atoms with Crippen molar-refractivity contribution in [2.45, 2.75) is 51.4 Å². The monoisotopic (exact) mass is 808 g/mol. The fourth-order valence-corrected chi connectivity index (χ4v) is 6.10. The van der Waals surface area contributed by atoms with Crippen LogP contribution in [0, 0.1) is 17.9 Å². The largest absolute Gasteiger partial charge is 0.494 e. The Kier molecular flexibility index (Phi) is 16.4. The molecule has 5 aromatic carbocycles. The van der Waals surface area contributed by atoms with Crippen LogP contribution in [0.3, 0.4) is 0 Å². The lowest BCUT2D eigenvalue weighted by Crippen LogP contribution is -2.11. The highest BCUT2D eigenvalue weighted by Crippen LogP contribution is 2.38. The Morgan fingerprint density at radius 3 is 1.43 bits per heavy atom. The van der Waals surface area contributed by atoms with Crippen LogP contribution in [-0.4, -0.2) is 50.3 Å². The first kappa shape index (κ1) is 43.7. The third-order valence-corrected chi connectivity index (χ3v) is 9.26. The van der Waals surface area contributed by atoms with Crippen LogP contribution < -0.4 is 18.9 Å². The fraction of sp³-hybridized carbons (Fsp3) is 0.250. The Morgan fingerprint density at radius 2 is 0.983 bits per heavy atom. The molecule has 0 aliphatic rings. The molecule has 0 bridgehead atoms. The zero-order chi connectivity index (χ0) is 42.7. The van der Waals surface area contributed by atoms with E-state index in [4.69, 9.17) is 35.0 Å². The van der Waals surface area contributed by atoms with Crippen molar-refractivity contribution in [3.05, 3.63) is 138 Å². The molecule has 0 N–H and O–H groups in total. The van der Waals surface area contributed by atoms with Crippen LogP contribution in [0.5, 0.6) is 23.0 Å². The van der Waals surface area contributed by atoms with Crippen molar-refractivity contribution in [3.8, 4) is 29.1 Å². The predicted octanol–water partition coefficient (Wildman–Crippen LogP) is 10.2. The smallest absolute Gasteiger partial charge is 0.343 e. The van der Waals surface area contributed by atoms with Gasteiger partial charge in [-0.05, 0) is 134 Å². The summed E-state index contributed by atoms with van der Waals surface area (Å²) in [5, 5.41) is 13.2. The average molecular weight is 809 g/mol. The topological polar surface area (TPSA) is 152 Å². The number of fused-ring (bicyclic) bond motifs is 2. The number of rotatable bonds is 22. The SMILES string of the molecule is [C-]#[N+]c1c(OC(=O)c2ccc3cc(OCCCCCCOC(=O)C=C)ccc3c2)ccc(OC(=O)c2ccc3cc(OCCCCCCOC(=O)C=C)ccc3c2)c1C#N. The Bertz CT molecular complexity index is 2290. The van der Waals surface area contributed by atoms with Gasteiger partial charge in [-0.25, -0.2) is 24.0 Å². The van der Waals surface area contributed by atoms with E-state index in [1.807, 2.05) is 42.5 Å². The summed E-state index contributed by atoms with van der Waals surface area (Å²) in [5.74, 6) is -1.23. The molecule has 0 aliphatic heterocycles. The van der Waals surface area contributed by atoms with E-state index in [0.29, 0.717) is 37.9 Å². The van der Waals surface area contributed by atoms with Gasteiger partial charge in [0.15, 0.2) is 0 Å². The lowest BCUT2D eigenvalue weighted by atomic mass is 10.1. The van der Waals surface area contributed by atoms with Crippen LogP contribution in [0.25, 0.3) is 26.4 Å². The van der Waals surface area contributed by atoms with Crippen LogP contribution in [0.15, 0.2) is 110 Å². The summed E-state index contributed by atoms with van der Waals surface area (Å²) < 4.78 is 32.9. The van der Waals surface area contributed by atoms with Gasteiger partial charge in [-0.3, -0.25) is 0 Å². The van der Waals surface area contributed by atoms with E-state index in [9.17, 15) is 24.4 Å². The summed E-state index contributed by atoms with van der Waals surface area (Å²) in [7, 11) is 0. The van der Waals surface area contributed by atoms with E-state index in [-0.39, 0.29) is 33.9 Å². The van der Waals surface area contributed by atoms with Crippen LogP contribution in [0.2, 0.25) is 0 Å². The molecule has 0 fully saturated rings. The number of hydrogen-bond acceptors (Lipinski definition) is 11. The van der Waals surface area contributed by atoms with Crippen LogP contribution >= 0.6 is 0 Å². The maximum absolute atomic E-state index is 13.3. The minimum Gasteiger partial charge on any atom is -0.494 e. The second-order valence-electron chi connectivity index (χ2n) is 13.5. The number of benzene rings is 5. The van der Waals surface area contributed by atoms with E-state index < -0.39 is 23.9 Å². The Balaban J connectivity index is 1.13. The van der Waals surface area contributed by atoms with Gasteiger partial charge in [-0.15, -0.1) is 0 Å². The van der Waals surface area contributed by atoms with Gasteiger partial charge in [0.1, 0.15) is 28.6 Å². The van der Waals surface area contributed by atoms with E-state index in [1.165, 1.54) is 12.1 Å². The summed E-state index contributed by atoms with van der Waals surface area (Å²) in [6.45, 7) is 16.3. The molecule has 0 atom stereocenters. The number of hydrogen-bond donors (Lipinski definition) is 0. The lowest BCUT2D eigenvalue weighted by molar-refractivity contribution is -0.138. The molecule has 12 nitrogen and oxygen atoms in total. The maximum atomic E-state index is 13.3. The van der Waals surface area contributed by atoms with E-state index in [1.54, 1.807) is 36.4 Å². The zero-order valence-electron chi connectivity index (χ0n) is 33.1. The Hall–Kier alpha value is -7.44. The average Bonchev–Trinajstić information content (AvgIpc) is 3.27. The first-order valence-electron chi connectivity index (χ1n) is 19.5. The molecule has 0 radical (unpaired) electrons. The van der Waals surface area contributed by atoms with Crippen molar-refractivity contribution < 1.29 is 47.6 Å². The summed E-state index contributed by atoms with van der Waals surface area (Å²) >= 11 is 0. The summed E-state index contributed by atoms with van der Waals surface area (Å²) in [5.41, 5.74) is -0.0595. The van der Waals surface area contributed by atoms with Gasteiger partial charge in [-0.1, -0.05) is 37.4 Å². The second kappa shape index (κ2) is 22.5. The predicted molar refractivity (Wildman–Crippen MR) is 225 cm³/mol. The summed E-state index contributed by atoms with van der Waals surface area (Å²) in [6, 6.07) is 25.7.